The van der Waals surface area contributed by atoms with Gasteiger partial charge >= 0.3 is 0 Å². The summed E-state index contributed by atoms with van der Waals surface area (Å²) in [6.45, 7) is 1.32. The summed E-state index contributed by atoms with van der Waals surface area (Å²) in [5.74, 6) is 0.844. The van der Waals surface area contributed by atoms with Gasteiger partial charge in [-0.25, -0.2) is 4.99 Å². The Morgan fingerprint density at radius 1 is 1.27 bits per heavy atom. The molecule has 2 aromatic rings. The Kier molecular flexibility index (Phi) is 3.46. The van der Waals surface area contributed by atoms with Crippen molar-refractivity contribution in [2.75, 3.05) is 13.2 Å². The van der Waals surface area contributed by atoms with E-state index in [1.165, 1.54) is 0 Å². The van der Waals surface area contributed by atoms with Crippen molar-refractivity contribution in [2.24, 2.45) is 12.0 Å². The van der Waals surface area contributed by atoms with Gasteiger partial charge in [0.05, 0.1) is 24.3 Å². The first-order valence-corrected chi connectivity index (χ1v) is 8.82. The minimum absolute atomic E-state index is 0.0217. The molecule has 0 radical (unpaired) electrons. The van der Waals surface area contributed by atoms with Crippen molar-refractivity contribution in [3.05, 3.63) is 60.5 Å². The van der Waals surface area contributed by atoms with E-state index in [1.807, 2.05) is 48.4 Å². The van der Waals surface area contributed by atoms with E-state index in [0.717, 1.165) is 35.7 Å². The molecule has 6 heteroatoms. The average molecular weight is 348 g/mol. The normalized spacial score (nSPS) is 26.0. The molecular formula is C20H20N4O2. The summed E-state index contributed by atoms with van der Waals surface area (Å²) in [5, 5.41) is 4.21. The van der Waals surface area contributed by atoms with E-state index in [9.17, 15) is 0 Å². The third kappa shape index (κ3) is 2.37. The Labute approximate surface area is 152 Å². The molecule has 0 amide bonds. The summed E-state index contributed by atoms with van der Waals surface area (Å²) in [4.78, 5) is 6.65. The van der Waals surface area contributed by atoms with Crippen LogP contribution in [-0.2, 0) is 11.8 Å². The zero-order chi connectivity index (χ0) is 17.6. The number of hydrogen-bond acceptors (Lipinski definition) is 5. The van der Waals surface area contributed by atoms with Crippen LogP contribution in [0, 0.1) is 0 Å². The fourth-order valence-corrected chi connectivity index (χ4v) is 3.81. The second-order valence-corrected chi connectivity index (χ2v) is 6.78. The molecule has 0 saturated carbocycles. The summed E-state index contributed by atoms with van der Waals surface area (Å²) in [6, 6.07) is 10.1. The highest BCUT2D eigenvalue weighted by atomic mass is 16.6. The number of hydrogen-bond donors (Lipinski definition) is 0. The standard InChI is InChI=1S/C20H20N4O2/c1-23-18(9-11-22-23)15-5-7-16(8-6-15)25-13-17-12-24-14-21-19-4-2-3-10-20(19,24)26-17/h2-9,11,14,17H,10,12-13H2,1H3/t17-,20?/m0/s1. The Balaban J connectivity index is 1.24. The molecule has 3 aliphatic rings. The van der Waals surface area contributed by atoms with Crippen molar-refractivity contribution in [1.29, 1.82) is 0 Å². The van der Waals surface area contributed by atoms with Crippen LogP contribution < -0.4 is 4.74 Å². The lowest BCUT2D eigenvalue weighted by Gasteiger charge is -2.31. The maximum Gasteiger partial charge on any atom is 0.189 e. The van der Waals surface area contributed by atoms with Crippen LogP contribution in [0.1, 0.15) is 6.42 Å². The van der Waals surface area contributed by atoms with Crippen LogP contribution in [0.15, 0.2) is 65.4 Å². The van der Waals surface area contributed by atoms with Gasteiger partial charge in [-0.2, -0.15) is 5.10 Å². The van der Waals surface area contributed by atoms with Crippen molar-refractivity contribution < 1.29 is 9.47 Å². The zero-order valence-corrected chi connectivity index (χ0v) is 14.6. The monoisotopic (exact) mass is 348 g/mol. The molecule has 3 heterocycles. The molecule has 0 bridgehead atoms. The first-order valence-electron chi connectivity index (χ1n) is 8.82. The summed E-state index contributed by atoms with van der Waals surface area (Å²) < 4.78 is 14.2. The molecule has 6 nitrogen and oxygen atoms in total. The van der Waals surface area contributed by atoms with Crippen LogP contribution in [0.4, 0.5) is 0 Å². The lowest BCUT2D eigenvalue weighted by molar-refractivity contribution is -0.0578. The minimum atomic E-state index is -0.411. The lowest BCUT2D eigenvalue weighted by Crippen LogP contribution is -2.41. The maximum absolute atomic E-state index is 6.34. The van der Waals surface area contributed by atoms with Crippen LogP contribution in [-0.4, -0.2) is 46.0 Å². The van der Waals surface area contributed by atoms with Gasteiger partial charge in [0.15, 0.2) is 5.72 Å². The molecule has 1 aromatic carbocycles. The van der Waals surface area contributed by atoms with E-state index in [2.05, 4.69) is 33.2 Å². The molecule has 132 valence electrons. The largest absolute Gasteiger partial charge is 0.491 e. The van der Waals surface area contributed by atoms with Crippen molar-refractivity contribution in [3.63, 3.8) is 0 Å². The predicted molar refractivity (Wildman–Crippen MR) is 98.8 cm³/mol. The highest BCUT2D eigenvalue weighted by Gasteiger charge is 2.51. The molecule has 1 unspecified atom stereocenters. The highest BCUT2D eigenvalue weighted by molar-refractivity contribution is 5.66. The minimum Gasteiger partial charge on any atom is -0.491 e. The molecule has 26 heavy (non-hydrogen) atoms. The molecule has 0 N–H and O–H groups in total. The molecule has 2 aliphatic heterocycles. The third-order valence-corrected chi connectivity index (χ3v) is 5.15. The average Bonchev–Trinajstić information content (AvgIpc) is 3.32. The molecule has 5 rings (SSSR count). The maximum atomic E-state index is 6.34. The van der Waals surface area contributed by atoms with Crippen LogP contribution in [0.2, 0.25) is 0 Å². The second kappa shape index (κ2) is 5.85. The molecular weight excluding hydrogens is 328 g/mol. The van der Waals surface area contributed by atoms with Crippen LogP contribution in [0.25, 0.3) is 11.3 Å². The Morgan fingerprint density at radius 3 is 2.96 bits per heavy atom. The summed E-state index contributed by atoms with van der Waals surface area (Å²) in [6.07, 6.45) is 10.7. The second-order valence-electron chi connectivity index (χ2n) is 6.78. The lowest BCUT2D eigenvalue weighted by atomic mass is 10.0. The van der Waals surface area contributed by atoms with Gasteiger partial charge in [0.2, 0.25) is 0 Å². The predicted octanol–water partition coefficient (Wildman–Crippen LogP) is 2.75. The van der Waals surface area contributed by atoms with Gasteiger partial charge in [-0.3, -0.25) is 4.68 Å². The molecule has 1 fully saturated rings. The summed E-state index contributed by atoms with van der Waals surface area (Å²) in [7, 11) is 1.94. The van der Waals surface area contributed by atoms with Crippen LogP contribution in [0.5, 0.6) is 5.75 Å². The number of benzene rings is 1. The van der Waals surface area contributed by atoms with E-state index in [-0.39, 0.29) is 6.10 Å². The van der Waals surface area contributed by atoms with Crippen LogP contribution >= 0.6 is 0 Å². The fourth-order valence-electron chi connectivity index (χ4n) is 3.81. The van der Waals surface area contributed by atoms with Gasteiger partial charge in [-0.1, -0.05) is 12.2 Å². The summed E-state index contributed by atoms with van der Waals surface area (Å²) in [5.41, 5.74) is 2.78. The number of aromatic nitrogens is 2. The SMILES string of the molecule is Cn1nccc1-c1ccc(OC[C@@H]2CN3C=NC4=CC=CCC43O2)cc1. The van der Waals surface area contributed by atoms with Gasteiger partial charge < -0.3 is 14.4 Å². The van der Waals surface area contributed by atoms with E-state index < -0.39 is 5.72 Å². The van der Waals surface area contributed by atoms with E-state index in [0.29, 0.717) is 6.61 Å². The summed E-state index contributed by atoms with van der Waals surface area (Å²) >= 11 is 0. The van der Waals surface area contributed by atoms with Crippen molar-refractivity contribution in [1.82, 2.24) is 14.7 Å². The van der Waals surface area contributed by atoms with Gasteiger partial charge in [0.1, 0.15) is 18.5 Å². The number of rotatable bonds is 4. The van der Waals surface area contributed by atoms with Gasteiger partial charge in [0, 0.05) is 25.2 Å². The third-order valence-electron chi connectivity index (χ3n) is 5.15. The number of allylic oxidation sites excluding steroid dienone is 2. The smallest absolute Gasteiger partial charge is 0.189 e. The first kappa shape index (κ1) is 15.4. The first-order chi connectivity index (χ1) is 12.7. The van der Waals surface area contributed by atoms with Crippen molar-refractivity contribution in [3.8, 4) is 17.0 Å². The number of ether oxygens (including phenoxy) is 2. The van der Waals surface area contributed by atoms with Crippen LogP contribution in [0.3, 0.4) is 0 Å². The fraction of sp³-hybridized carbons (Fsp3) is 0.300. The number of aliphatic imine (C=N–C) groups is 1. The topological polar surface area (TPSA) is 51.9 Å². The zero-order valence-electron chi connectivity index (χ0n) is 14.6. The Hall–Kier alpha value is -2.86. The van der Waals surface area contributed by atoms with Crippen molar-refractivity contribution in [2.45, 2.75) is 18.2 Å². The van der Waals surface area contributed by atoms with Gasteiger partial charge in [-0.05, 0) is 36.4 Å². The molecule has 1 aliphatic carbocycles. The van der Waals surface area contributed by atoms with E-state index >= 15 is 0 Å². The quantitative estimate of drug-likeness (QED) is 0.853. The molecule has 1 aromatic heterocycles. The van der Waals surface area contributed by atoms with Crippen molar-refractivity contribution >= 4 is 6.34 Å². The van der Waals surface area contributed by atoms with E-state index in [1.54, 1.807) is 6.20 Å². The molecule has 1 spiro atoms. The Bertz CT molecular complexity index is 912. The number of aryl methyl sites for hydroxylation is 1. The molecule has 1 saturated heterocycles. The van der Waals surface area contributed by atoms with Gasteiger partial charge in [0.25, 0.3) is 0 Å². The number of nitrogens with zero attached hydrogens (tertiary/aromatic N) is 4. The Morgan fingerprint density at radius 2 is 2.15 bits per heavy atom. The highest BCUT2D eigenvalue weighted by Crippen LogP contribution is 2.42. The van der Waals surface area contributed by atoms with E-state index in [4.69, 9.17) is 9.47 Å². The molecule has 2 atom stereocenters. The van der Waals surface area contributed by atoms with Gasteiger partial charge in [-0.15, -0.1) is 0 Å².